The zero-order valence-corrected chi connectivity index (χ0v) is 19.1. The Morgan fingerprint density at radius 3 is 2.51 bits per heavy atom. The smallest absolute Gasteiger partial charge is 0.323 e. The molecule has 1 saturated heterocycles. The molecule has 0 aliphatic carbocycles. The molecule has 2 aliphatic rings. The van der Waals surface area contributed by atoms with Crippen molar-refractivity contribution in [3.63, 3.8) is 0 Å². The van der Waals surface area contributed by atoms with Crippen LogP contribution in [0.1, 0.15) is 34.6 Å². The maximum atomic E-state index is 13.7. The monoisotopic (exact) mass is 502 g/mol. The Kier molecular flexibility index (Phi) is 5.43. The molecule has 2 aliphatic heterocycles. The minimum absolute atomic E-state index is 0.0719. The Bertz CT molecular complexity index is 1400. The number of carbonyl (C=O) groups excluding carboxylic acids is 3. The Hall–Kier alpha value is -3.66. The number of nitrogens with zero attached hydrogens (tertiary/aromatic N) is 3. The molecule has 5 rings (SSSR count). The number of rotatable bonds is 3. The zero-order chi connectivity index (χ0) is 25.1. The van der Waals surface area contributed by atoms with E-state index < -0.39 is 23.9 Å². The van der Waals surface area contributed by atoms with Gasteiger partial charge in [-0.1, -0.05) is 35.9 Å². The second kappa shape index (κ2) is 8.23. The first-order valence-electron chi connectivity index (χ1n) is 10.7. The molecule has 1 unspecified atom stereocenters. The van der Waals surface area contributed by atoms with Crippen molar-refractivity contribution in [2.75, 3.05) is 0 Å². The van der Waals surface area contributed by atoms with Crippen LogP contribution in [0.5, 0.6) is 0 Å². The summed E-state index contributed by atoms with van der Waals surface area (Å²) in [7, 11) is 1.28. The van der Waals surface area contributed by atoms with Crippen LogP contribution in [0.4, 0.5) is 13.2 Å². The Morgan fingerprint density at radius 2 is 1.83 bits per heavy atom. The van der Waals surface area contributed by atoms with Gasteiger partial charge in [0.1, 0.15) is 6.04 Å². The largest absolute Gasteiger partial charge is 0.449 e. The maximum absolute atomic E-state index is 13.7. The molecule has 3 aromatic rings. The molecule has 2 aromatic carbocycles. The number of piperidine rings is 1. The molecule has 11 heteroatoms. The lowest BCUT2D eigenvalue weighted by atomic mass is 10.0. The number of alkyl halides is 3. The van der Waals surface area contributed by atoms with Crippen LogP contribution >= 0.6 is 11.6 Å². The minimum Gasteiger partial charge on any atom is -0.323 e. The van der Waals surface area contributed by atoms with E-state index in [1.54, 1.807) is 30.3 Å². The first kappa shape index (κ1) is 23.1. The normalized spacial score (nSPS) is 18.1. The SMILES string of the molecule is Cn1c(C(F)(F)F)nc(-c2ccc3c(c2)CN(C2CCC(=O)NC2=O)C3=O)c1-c1ccccc1Cl. The second-order valence-electron chi connectivity index (χ2n) is 8.44. The van der Waals surface area contributed by atoms with Gasteiger partial charge in [0.05, 0.1) is 11.4 Å². The summed E-state index contributed by atoms with van der Waals surface area (Å²) in [5.41, 5.74) is 1.93. The molecule has 1 N–H and O–H groups in total. The fourth-order valence-electron chi connectivity index (χ4n) is 4.64. The first-order chi connectivity index (χ1) is 16.6. The van der Waals surface area contributed by atoms with Crippen LogP contribution in [-0.4, -0.2) is 38.2 Å². The van der Waals surface area contributed by atoms with Crippen molar-refractivity contribution in [1.29, 1.82) is 0 Å². The van der Waals surface area contributed by atoms with Gasteiger partial charge in [-0.25, -0.2) is 4.98 Å². The summed E-state index contributed by atoms with van der Waals surface area (Å²) in [5, 5.41) is 2.51. The van der Waals surface area contributed by atoms with Crippen molar-refractivity contribution in [2.24, 2.45) is 7.05 Å². The van der Waals surface area contributed by atoms with E-state index in [9.17, 15) is 27.6 Å². The van der Waals surface area contributed by atoms with Crippen LogP contribution in [0.2, 0.25) is 5.02 Å². The molecular weight excluding hydrogens is 485 g/mol. The number of hydrogen-bond acceptors (Lipinski definition) is 4. The second-order valence-corrected chi connectivity index (χ2v) is 8.85. The van der Waals surface area contributed by atoms with Gasteiger partial charge in [-0.3, -0.25) is 19.7 Å². The van der Waals surface area contributed by atoms with E-state index in [0.717, 1.165) is 4.57 Å². The lowest BCUT2D eigenvalue weighted by Gasteiger charge is -2.29. The van der Waals surface area contributed by atoms with Crippen LogP contribution in [0.3, 0.4) is 0 Å². The van der Waals surface area contributed by atoms with Crippen molar-refractivity contribution in [1.82, 2.24) is 19.8 Å². The molecular formula is C24H18ClF3N4O3. The number of halogens is 4. The third-order valence-electron chi connectivity index (χ3n) is 6.27. The van der Waals surface area contributed by atoms with E-state index in [-0.39, 0.29) is 47.6 Å². The van der Waals surface area contributed by atoms with Crippen LogP contribution in [-0.2, 0) is 29.4 Å². The highest BCUT2D eigenvalue weighted by molar-refractivity contribution is 6.33. The average Bonchev–Trinajstić information content (AvgIpc) is 3.31. The van der Waals surface area contributed by atoms with Crippen molar-refractivity contribution < 1.29 is 27.6 Å². The molecule has 0 bridgehead atoms. The zero-order valence-electron chi connectivity index (χ0n) is 18.3. The van der Waals surface area contributed by atoms with Gasteiger partial charge in [0, 0.05) is 41.7 Å². The number of benzene rings is 2. The summed E-state index contributed by atoms with van der Waals surface area (Å²) in [4.78, 5) is 42.0. The Labute approximate surface area is 202 Å². The summed E-state index contributed by atoms with van der Waals surface area (Å²) in [6.45, 7) is 0.0919. The predicted molar refractivity (Wildman–Crippen MR) is 120 cm³/mol. The first-order valence-corrected chi connectivity index (χ1v) is 11.1. The molecule has 0 radical (unpaired) electrons. The van der Waals surface area contributed by atoms with E-state index in [4.69, 9.17) is 11.6 Å². The van der Waals surface area contributed by atoms with E-state index >= 15 is 0 Å². The summed E-state index contributed by atoms with van der Waals surface area (Å²) in [5.74, 6) is -2.38. The summed E-state index contributed by atoms with van der Waals surface area (Å²) in [6, 6.07) is 10.4. The van der Waals surface area contributed by atoms with Gasteiger partial charge in [0.15, 0.2) is 0 Å². The topological polar surface area (TPSA) is 84.3 Å². The number of imide groups is 1. The highest BCUT2D eigenvalue weighted by atomic mass is 35.5. The molecule has 35 heavy (non-hydrogen) atoms. The summed E-state index contributed by atoms with van der Waals surface area (Å²) in [6.07, 6.45) is -4.36. The highest BCUT2D eigenvalue weighted by Gasteiger charge is 2.41. The lowest BCUT2D eigenvalue weighted by Crippen LogP contribution is -2.52. The number of carbonyl (C=O) groups is 3. The maximum Gasteiger partial charge on any atom is 0.449 e. The molecule has 1 fully saturated rings. The molecule has 1 atom stereocenters. The molecule has 7 nitrogen and oxygen atoms in total. The lowest BCUT2D eigenvalue weighted by molar-refractivity contribution is -0.146. The van der Waals surface area contributed by atoms with Crippen molar-refractivity contribution in [2.45, 2.75) is 31.6 Å². The van der Waals surface area contributed by atoms with Gasteiger partial charge < -0.3 is 9.47 Å². The minimum atomic E-state index is -4.70. The number of amides is 3. The van der Waals surface area contributed by atoms with E-state index in [1.165, 1.54) is 24.1 Å². The average molecular weight is 503 g/mol. The number of nitrogens with one attached hydrogen (secondary N) is 1. The Morgan fingerprint density at radius 1 is 1.09 bits per heavy atom. The molecule has 0 spiro atoms. The third-order valence-corrected chi connectivity index (χ3v) is 6.60. The third kappa shape index (κ3) is 3.87. The van der Waals surface area contributed by atoms with E-state index in [2.05, 4.69) is 10.3 Å². The number of imidazole rings is 1. The van der Waals surface area contributed by atoms with Crippen LogP contribution < -0.4 is 5.32 Å². The number of hydrogen-bond donors (Lipinski definition) is 1. The quantitative estimate of drug-likeness (QED) is 0.544. The molecule has 1 aromatic heterocycles. The molecule has 3 amide bonds. The molecule has 0 saturated carbocycles. The van der Waals surface area contributed by atoms with Crippen LogP contribution in [0.15, 0.2) is 42.5 Å². The molecule has 180 valence electrons. The van der Waals surface area contributed by atoms with Gasteiger partial charge in [-0.2, -0.15) is 13.2 Å². The van der Waals surface area contributed by atoms with E-state index in [1.807, 2.05) is 0 Å². The molecule has 3 heterocycles. The predicted octanol–water partition coefficient (Wildman–Crippen LogP) is 4.19. The van der Waals surface area contributed by atoms with Crippen molar-refractivity contribution >= 4 is 29.3 Å². The Balaban J connectivity index is 1.58. The van der Waals surface area contributed by atoms with Crippen LogP contribution in [0, 0.1) is 0 Å². The van der Waals surface area contributed by atoms with Gasteiger partial charge in [-0.15, -0.1) is 0 Å². The summed E-state index contributed by atoms with van der Waals surface area (Å²) >= 11 is 6.32. The standard InChI is InChI=1S/C24H18ClF3N4O3/c1-31-20(15-4-2-3-5-16(15)25)19(30-23(31)24(26,27)28)12-6-7-14-13(10-12)11-32(22(14)35)17-8-9-18(33)29-21(17)34/h2-7,10,17H,8-9,11H2,1H3,(H,29,33,34). The van der Waals surface area contributed by atoms with Gasteiger partial charge in [-0.05, 0) is 30.2 Å². The van der Waals surface area contributed by atoms with Crippen molar-refractivity contribution in [3.05, 3.63) is 64.4 Å². The van der Waals surface area contributed by atoms with Crippen molar-refractivity contribution in [3.8, 4) is 22.5 Å². The van der Waals surface area contributed by atoms with E-state index in [0.29, 0.717) is 22.3 Å². The van der Waals surface area contributed by atoms with Gasteiger partial charge in [0.25, 0.3) is 5.91 Å². The summed E-state index contributed by atoms with van der Waals surface area (Å²) < 4.78 is 42.2. The highest BCUT2D eigenvalue weighted by Crippen LogP contribution is 2.41. The van der Waals surface area contributed by atoms with Gasteiger partial charge in [0.2, 0.25) is 17.6 Å². The number of fused-ring (bicyclic) bond motifs is 1. The fourth-order valence-corrected chi connectivity index (χ4v) is 4.86. The fraction of sp³-hybridized carbons (Fsp3) is 0.250. The number of aromatic nitrogens is 2. The van der Waals surface area contributed by atoms with Gasteiger partial charge >= 0.3 is 6.18 Å². The van der Waals surface area contributed by atoms with Crippen LogP contribution in [0.25, 0.3) is 22.5 Å².